The van der Waals surface area contributed by atoms with E-state index in [1.165, 1.54) is 0 Å². The van der Waals surface area contributed by atoms with E-state index in [1.807, 2.05) is 60.7 Å². The van der Waals surface area contributed by atoms with E-state index in [0.29, 0.717) is 0 Å². The van der Waals surface area contributed by atoms with Gasteiger partial charge in [0.2, 0.25) is 0 Å². The SMILES string of the molecule is CONc1ccc(C2(c3ccc(NOC)cc3)c3ccccc3C(=O)c3ccccc32)cc1. The zero-order valence-electron chi connectivity index (χ0n) is 18.5. The molecule has 0 heterocycles. The molecule has 2 N–H and O–H groups in total. The van der Waals surface area contributed by atoms with E-state index >= 15 is 0 Å². The van der Waals surface area contributed by atoms with Crippen LogP contribution in [0.15, 0.2) is 97.1 Å². The number of carbonyl (C=O) groups is 1. The molecule has 0 spiro atoms. The molecular formula is C28H24N2O3. The van der Waals surface area contributed by atoms with Crippen LogP contribution < -0.4 is 11.0 Å². The topological polar surface area (TPSA) is 59.6 Å². The number of ketones is 1. The fraction of sp³-hybridized carbons (Fsp3) is 0.107. The number of hydrogen-bond acceptors (Lipinski definition) is 5. The van der Waals surface area contributed by atoms with Gasteiger partial charge in [-0.3, -0.25) is 25.4 Å². The average Bonchev–Trinajstić information content (AvgIpc) is 2.87. The summed E-state index contributed by atoms with van der Waals surface area (Å²) in [5.41, 5.74) is 12.3. The highest BCUT2D eigenvalue weighted by molar-refractivity contribution is 6.14. The number of rotatable bonds is 6. The molecule has 0 radical (unpaired) electrons. The van der Waals surface area contributed by atoms with Crippen molar-refractivity contribution in [1.82, 2.24) is 0 Å². The molecule has 0 aromatic heterocycles. The van der Waals surface area contributed by atoms with Crippen molar-refractivity contribution in [3.63, 3.8) is 0 Å². The van der Waals surface area contributed by atoms with Crippen molar-refractivity contribution < 1.29 is 14.5 Å². The molecular weight excluding hydrogens is 412 g/mol. The lowest BCUT2D eigenvalue weighted by Crippen LogP contribution is -2.38. The molecule has 0 amide bonds. The smallest absolute Gasteiger partial charge is 0.193 e. The molecule has 0 unspecified atom stereocenters. The second-order valence-corrected chi connectivity index (χ2v) is 7.94. The molecule has 4 aromatic carbocycles. The molecule has 0 atom stereocenters. The maximum atomic E-state index is 13.5. The maximum Gasteiger partial charge on any atom is 0.193 e. The second kappa shape index (κ2) is 8.54. The number of hydrogen-bond donors (Lipinski definition) is 2. The van der Waals surface area contributed by atoms with E-state index < -0.39 is 5.41 Å². The van der Waals surface area contributed by atoms with E-state index in [1.54, 1.807) is 14.2 Å². The van der Waals surface area contributed by atoms with Gasteiger partial charge >= 0.3 is 0 Å². The third-order valence-electron chi connectivity index (χ3n) is 6.23. The van der Waals surface area contributed by atoms with E-state index in [-0.39, 0.29) is 5.78 Å². The number of carbonyl (C=O) groups excluding carboxylic acids is 1. The average molecular weight is 437 g/mol. The fourth-order valence-electron chi connectivity index (χ4n) is 4.91. The third kappa shape index (κ3) is 3.30. The predicted octanol–water partition coefficient (Wildman–Crippen LogP) is 5.56. The van der Waals surface area contributed by atoms with Crippen molar-refractivity contribution in [3.05, 3.63) is 130 Å². The summed E-state index contributed by atoms with van der Waals surface area (Å²) in [6, 6.07) is 32.1. The summed E-state index contributed by atoms with van der Waals surface area (Å²) in [4.78, 5) is 23.6. The zero-order valence-corrected chi connectivity index (χ0v) is 18.5. The Labute approximate surface area is 192 Å². The summed E-state index contributed by atoms with van der Waals surface area (Å²) >= 11 is 0. The summed E-state index contributed by atoms with van der Waals surface area (Å²) in [5.74, 6) is 0.0483. The van der Waals surface area contributed by atoms with Crippen molar-refractivity contribution in [3.8, 4) is 0 Å². The van der Waals surface area contributed by atoms with Gasteiger partial charge in [0.15, 0.2) is 5.78 Å². The minimum absolute atomic E-state index is 0.0483. The maximum absolute atomic E-state index is 13.5. The molecule has 0 saturated carbocycles. The van der Waals surface area contributed by atoms with Gasteiger partial charge in [-0.15, -0.1) is 0 Å². The zero-order chi connectivity index (χ0) is 22.8. The third-order valence-corrected chi connectivity index (χ3v) is 6.23. The summed E-state index contributed by atoms with van der Waals surface area (Å²) < 4.78 is 0. The van der Waals surface area contributed by atoms with Crippen LogP contribution in [0, 0.1) is 0 Å². The highest BCUT2D eigenvalue weighted by Crippen LogP contribution is 2.50. The van der Waals surface area contributed by atoms with Crippen LogP contribution >= 0.6 is 0 Å². The van der Waals surface area contributed by atoms with Gasteiger partial charge in [0, 0.05) is 11.1 Å². The molecule has 0 saturated heterocycles. The lowest BCUT2D eigenvalue weighted by Gasteiger charge is -2.41. The molecule has 1 aliphatic rings. The highest BCUT2D eigenvalue weighted by atomic mass is 16.6. The lowest BCUT2D eigenvalue weighted by molar-refractivity contribution is 0.103. The van der Waals surface area contributed by atoms with Gasteiger partial charge in [-0.25, -0.2) is 0 Å². The van der Waals surface area contributed by atoms with Gasteiger partial charge in [0.25, 0.3) is 0 Å². The van der Waals surface area contributed by atoms with Crippen LogP contribution in [0.4, 0.5) is 11.4 Å². The Balaban J connectivity index is 1.85. The molecule has 4 aromatic rings. The monoisotopic (exact) mass is 436 g/mol. The summed E-state index contributed by atoms with van der Waals surface area (Å²) in [7, 11) is 3.18. The molecule has 164 valence electrons. The Kier molecular flexibility index (Phi) is 5.42. The minimum Gasteiger partial charge on any atom is -0.289 e. The van der Waals surface area contributed by atoms with Crippen LogP contribution in [0.25, 0.3) is 0 Å². The summed E-state index contributed by atoms with van der Waals surface area (Å²) in [5, 5.41) is 0. The van der Waals surface area contributed by atoms with Crippen molar-refractivity contribution >= 4 is 17.2 Å². The van der Waals surface area contributed by atoms with Crippen molar-refractivity contribution in [2.75, 3.05) is 25.2 Å². The predicted molar refractivity (Wildman–Crippen MR) is 129 cm³/mol. The van der Waals surface area contributed by atoms with Crippen LogP contribution in [0.3, 0.4) is 0 Å². The van der Waals surface area contributed by atoms with Crippen LogP contribution in [0.5, 0.6) is 0 Å². The van der Waals surface area contributed by atoms with Gasteiger partial charge < -0.3 is 0 Å². The molecule has 5 heteroatoms. The highest BCUT2D eigenvalue weighted by Gasteiger charge is 2.46. The Morgan fingerprint density at radius 2 is 0.970 bits per heavy atom. The molecule has 0 fully saturated rings. The largest absolute Gasteiger partial charge is 0.289 e. The second-order valence-electron chi connectivity index (χ2n) is 7.94. The number of fused-ring (bicyclic) bond motifs is 2. The Bertz CT molecular complexity index is 1200. The van der Waals surface area contributed by atoms with Crippen molar-refractivity contribution in [2.45, 2.75) is 5.41 Å². The van der Waals surface area contributed by atoms with Gasteiger partial charge in [-0.2, -0.15) is 0 Å². The lowest BCUT2D eigenvalue weighted by atomic mass is 9.59. The van der Waals surface area contributed by atoms with Gasteiger partial charge in [-0.1, -0.05) is 72.8 Å². The Morgan fingerprint density at radius 1 is 0.576 bits per heavy atom. The summed E-state index contributed by atoms with van der Waals surface area (Å²) in [6.07, 6.45) is 0. The Hall–Kier alpha value is -3.93. The first-order valence-electron chi connectivity index (χ1n) is 10.7. The molecule has 1 aliphatic carbocycles. The molecule has 5 nitrogen and oxygen atoms in total. The molecule has 33 heavy (non-hydrogen) atoms. The number of benzene rings is 4. The molecule has 5 rings (SSSR count). The fourth-order valence-corrected chi connectivity index (χ4v) is 4.91. The normalized spacial score (nSPS) is 13.7. The van der Waals surface area contributed by atoms with Crippen LogP contribution in [-0.2, 0) is 15.1 Å². The van der Waals surface area contributed by atoms with E-state index in [2.05, 4.69) is 47.4 Å². The van der Waals surface area contributed by atoms with Gasteiger partial charge in [0.05, 0.1) is 31.0 Å². The van der Waals surface area contributed by atoms with E-state index in [4.69, 9.17) is 9.68 Å². The standard InChI is InChI=1S/C28H24N2O3/c1-32-29-21-15-11-19(12-16-21)28(20-13-17-22(18-14-20)30-33-2)25-9-5-3-7-23(25)27(31)24-8-4-6-10-26(24)28/h3-18,29-30H,1-2H3. The number of nitrogens with one attached hydrogen (secondary N) is 2. The van der Waals surface area contributed by atoms with E-state index in [9.17, 15) is 4.79 Å². The minimum atomic E-state index is -0.668. The van der Waals surface area contributed by atoms with Crippen LogP contribution in [0.2, 0.25) is 0 Å². The first-order chi connectivity index (χ1) is 16.2. The van der Waals surface area contributed by atoms with Crippen molar-refractivity contribution in [2.24, 2.45) is 0 Å². The first-order valence-corrected chi connectivity index (χ1v) is 10.7. The first kappa shape index (κ1) is 20.9. The van der Waals surface area contributed by atoms with Crippen molar-refractivity contribution in [1.29, 1.82) is 0 Å². The Morgan fingerprint density at radius 3 is 1.36 bits per heavy atom. The van der Waals surface area contributed by atoms with Crippen LogP contribution in [0.1, 0.15) is 38.2 Å². The molecule has 0 aliphatic heterocycles. The van der Waals surface area contributed by atoms with Gasteiger partial charge in [-0.05, 0) is 46.5 Å². The number of anilines is 2. The quantitative estimate of drug-likeness (QED) is 0.341. The van der Waals surface area contributed by atoms with Gasteiger partial charge in [0.1, 0.15) is 0 Å². The summed E-state index contributed by atoms with van der Waals surface area (Å²) in [6.45, 7) is 0. The molecule has 0 bridgehead atoms. The van der Waals surface area contributed by atoms with Crippen LogP contribution in [-0.4, -0.2) is 20.0 Å². The van der Waals surface area contributed by atoms with E-state index in [0.717, 1.165) is 44.8 Å².